The molecule has 4 heteroatoms. The molecule has 0 amide bonds. The van der Waals surface area contributed by atoms with Gasteiger partial charge in [0.25, 0.3) is 0 Å². The van der Waals surface area contributed by atoms with E-state index < -0.39 is 0 Å². The molecule has 0 bridgehead atoms. The zero-order valence-electron chi connectivity index (χ0n) is 9.94. The third kappa shape index (κ3) is 3.01. The van der Waals surface area contributed by atoms with Crippen molar-refractivity contribution in [2.45, 2.75) is 12.5 Å². The fourth-order valence-corrected chi connectivity index (χ4v) is 2.15. The molecule has 2 aromatic rings. The molecular formula is C14H16ClN3. The first-order valence-electron chi connectivity index (χ1n) is 5.75. The van der Waals surface area contributed by atoms with E-state index in [9.17, 15) is 0 Å². The van der Waals surface area contributed by atoms with Crippen LogP contribution in [0, 0.1) is 0 Å². The van der Waals surface area contributed by atoms with Gasteiger partial charge in [-0.1, -0.05) is 48.0 Å². The molecule has 0 spiro atoms. The molecule has 0 aliphatic heterocycles. The molecule has 0 radical (unpaired) electrons. The second-order valence-electron chi connectivity index (χ2n) is 4.18. The van der Waals surface area contributed by atoms with E-state index in [2.05, 4.69) is 17.6 Å². The molecule has 5 N–H and O–H groups in total. The summed E-state index contributed by atoms with van der Waals surface area (Å²) in [5.74, 6) is 5.62. The SMILES string of the molecule is NNC(Cc1ccccc1)c1ccc(Cl)cc1N. The number of hydrazine groups is 1. The van der Waals surface area contributed by atoms with Crippen LogP contribution in [0.1, 0.15) is 17.2 Å². The van der Waals surface area contributed by atoms with Crippen molar-refractivity contribution in [2.75, 3.05) is 5.73 Å². The Morgan fingerprint density at radius 2 is 1.83 bits per heavy atom. The summed E-state index contributed by atoms with van der Waals surface area (Å²) in [6.07, 6.45) is 0.781. The van der Waals surface area contributed by atoms with Crippen LogP contribution in [0.3, 0.4) is 0 Å². The number of halogens is 1. The van der Waals surface area contributed by atoms with E-state index in [0.717, 1.165) is 12.0 Å². The van der Waals surface area contributed by atoms with Gasteiger partial charge < -0.3 is 5.73 Å². The highest BCUT2D eigenvalue weighted by Gasteiger charge is 2.13. The Morgan fingerprint density at radius 3 is 2.44 bits per heavy atom. The minimum absolute atomic E-state index is 0.0235. The van der Waals surface area contributed by atoms with Gasteiger partial charge >= 0.3 is 0 Å². The van der Waals surface area contributed by atoms with Gasteiger partial charge in [-0.15, -0.1) is 0 Å². The number of nitrogens with one attached hydrogen (secondary N) is 1. The lowest BCUT2D eigenvalue weighted by Gasteiger charge is -2.18. The Kier molecular flexibility index (Phi) is 4.20. The van der Waals surface area contributed by atoms with Gasteiger partial charge in [0.05, 0.1) is 6.04 Å². The molecule has 18 heavy (non-hydrogen) atoms. The zero-order valence-corrected chi connectivity index (χ0v) is 10.7. The van der Waals surface area contributed by atoms with Crippen molar-refractivity contribution < 1.29 is 0 Å². The van der Waals surface area contributed by atoms with E-state index in [1.54, 1.807) is 6.07 Å². The van der Waals surface area contributed by atoms with Gasteiger partial charge in [0.15, 0.2) is 0 Å². The van der Waals surface area contributed by atoms with E-state index in [0.29, 0.717) is 10.7 Å². The molecule has 0 aromatic heterocycles. The summed E-state index contributed by atoms with van der Waals surface area (Å²) < 4.78 is 0. The van der Waals surface area contributed by atoms with Crippen LogP contribution < -0.4 is 17.0 Å². The number of hydrogen-bond acceptors (Lipinski definition) is 3. The Bertz CT molecular complexity index is 514. The molecular weight excluding hydrogens is 246 g/mol. The van der Waals surface area contributed by atoms with Crippen molar-refractivity contribution in [3.05, 3.63) is 64.7 Å². The standard InChI is InChI=1S/C14H16ClN3/c15-11-6-7-12(13(16)9-11)14(18-17)8-10-4-2-1-3-5-10/h1-7,9,14,18H,8,16-17H2. The molecule has 0 aliphatic carbocycles. The molecule has 0 aliphatic rings. The Morgan fingerprint density at radius 1 is 1.11 bits per heavy atom. The second kappa shape index (κ2) is 5.87. The van der Waals surface area contributed by atoms with Crippen LogP contribution in [0.25, 0.3) is 0 Å². The fourth-order valence-electron chi connectivity index (χ4n) is 1.97. The molecule has 2 rings (SSSR count). The predicted octanol–water partition coefficient (Wildman–Crippen LogP) is 2.67. The largest absolute Gasteiger partial charge is 0.398 e. The highest BCUT2D eigenvalue weighted by Crippen LogP contribution is 2.26. The van der Waals surface area contributed by atoms with Crippen LogP contribution in [0.4, 0.5) is 5.69 Å². The van der Waals surface area contributed by atoms with Crippen molar-refractivity contribution in [1.29, 1.82) is 0 Å². The van der Waals surface area contributed by atoms with Crippen LogP contribution in [-0.4, -0.2) is 0 Å². The summed E-state index contributed by atoms with van der Waals surface area (Å²) >= 11 is 5.89. The monoisotopic (exact) mass is 261 g/mol. The van der Waals surface area contributed by atoms with Gasteiger partial charge in [-0.25, -0.2) is 0 Å². The Hall–Kier alpha value is -1.55. The first-order valence-corrected chi connectivity index (χ1v) is 6.13. The summed E-state index contributed by atoms with van der Waals surface area (Å²) in [5, 5.41) is 0.631. The normalized spacial score (nSPS) is 12.3. The van der Waals surface area contributed by atoms with Crippen LogP contribution in [0.2, 0.25) is 5.02 Å². The molecule has 3 nitrogen and oxygen atoms in total. The van der Waals surface area contributed by atoms with Crippen molar-refractivity contribution in [2.24, 2.45) is 5.84 Å². The van der Waals surface area contributed by atoms with Gasteiger partial charge in [-0.05, 0) is 29.7 Å². The molecule has 1 unspecified atom stereocenters. The average molecular weight is 262 g/mol. The lowest BCUT2D eigenvalue weighted by Crippen LogP contribution is -2.30. The lowest BCUT2D eigenvalue weighted by atomic mass is 9.98. The summed E-state index contributed by atoms with van der Waals surface area (Å²) in [4.78, 5) is 0. The zero-order chi connectivity index (χ0) is 13.0. The number of nitrogen functional groups attached to an aromatic ring is 1. The summed E-state index contributed by atoms with van der Waals surface area (Å²) in [6.45, 7) is 0. The fraction of sp³-hybridized carbons (Fsp3) is 0.143. The number of hydrogen-bond donors (Lipinski definition) is 3. The Labute approximate surface area is 112 Å². The summed E-state index contributed by atoms with van der Waals surface area (Å²) in [6, 6.07) is 15.6. The van der Waals surface area contributed by atoms with Gasteiger partial charge in [0.2, 0.25) is 0 Å². The number of anilines is 1. The molecule has 0 heterocycles. The molecule has 0 saturated carbocycles. The topological polar surface area (TPSA) is 64.1 Å². The number of nitrogens with two attached hydrogens (primary N) is 2. The van der Waals surface area contributed by atoms with Crippen LogP contribution >= 0.6 is 11.6 Å². The van der Waals surface area contributed by atoms with E-state index in [4.69, 9.17) is 23.2 Å². The summed E-state index contributed by atoms with van der Waals surface area (Å²) in [7, 11) is 0. The lowest BCUT2D eigenvalue weighted by molar-refractivity contribution is 0.553. The van der Waals surface area contributed by atoms with E-state index >= 15 is 0 Å². The number of rotatable bonds is 4. The van der Waals surface area contributed by atoms with Gasteiger partial charge in [-0.2, -0.15) is 0 Å². The average Bonchev–Trinajstić information content (AvgIpc) is 2.38. The third-order valence-electron chi connectivity index (χ3n) is 2.91. The van der Waals surface area contributed by atoms with Crippen molar-refractivity contribution in [1.82, 2.24) is 5.43 Å². The molecule has 1 atom stereocenters. The minimum atomic E-state index is -0.0235. The van der Waals surface area contributed by atoms with Crippen molar-refractivity contribution in [3.8, 4) is 0 Å². The maximum Gasteiger partial charge on any atom is 0.0520 e. The second-order valence-corrected chi connectivity index (χ2v) is 4.62. The predicted molar refractivity (Wildman–Crippen MR) is 76.1 cm³/mol. The highest BCUT2D eigenvalue weighted by molar-refractivity contribution is 6.30. The smallest absolute Gasteiger partial charge is 0.0520 e. The van der Waals surface area contributed by atoms with Crippen molar-refractivity contribution in [3.63, 3.8) is 0 Å². The maximum absolute atomic E-state index is 5.97. The first kappa shape index (κ1) is 12.9. The summed E-state index contributed by atoms with van der Waals surface area (Å²) in [5.41, 5.74) is 11.6. The minimum Gasteiger partial charge on any atom is -0.398 e. The van der Waals surface area contributed by atoms with Crippen LogP contribution in [0.5, 0.6) is 0 Å². The van der Waals surface area contributed by atoms with E-state index in [1.807, 2.05) is 30.3 Å². The van der Waals surface area contributed by atoms with Crippen LogP contribution in [-0.2, 0) is 6.42 Å². The van der Waals surface area contributed by atoms with E-state index in [-0.39, 0.29) is 6.04 Å². The maximum atomic E-state index is 5.97. The van der Waals surface area contributed by atoms with Gasteiger partial charge in [0.1, 0.15) is 0 Å². The quantitative estimate of drug-likeness (QED) is 0.450. The van der Waals surface area contributed by atoms with Gasteiger partial charge in [0, 0.05) is 10.7 Å². The third-order valence-corrected chi connectivity index (χ3v) is 3.14. The van der Waals surface area contributed by atoms with E-state index in [1.165, 1.54) is 5.56 Å². The molecule has 0 fully saturated rings. The van der Waals surface area contributed by atoms with Crippen molar-refractivity contribution >= 4 is 17.3 Å². The molecule has 2 aromatic carbocycles. The molecule has 94 valence electrons. The van der Waals surface area contributed by atoms with Crippen LogP contribution in [0.15, 0.2) is 48.5 Å². The molecule has 0 saturated heterocycles. The highest BCUT2D eigenvalue weighted by atomic mass is 35.5. The van der Waals surface area contributed by atoms with Gasteiger partial charge in [-0.3, -0.25) is 11.3 Å². The number of benzene rings is 2. The first-order chi connectivity index (χ1) is 8.70. The Balaban J connectivity index is 2.23.